The molecule has 1 rings (SSSR count). The Morgan fingerprint density at radius 2 is 2.33 bits per heavy atom. The zero-order chi connectivity index (χ0) is 8.81. The SMILES string of the molecule is CNCCCCc1sccc1Br. The fourth-order valence-corrected chi connectivity index (χ4v) is 2.69. The van der Waals surface area contributed by atoms with Crippen LogP contribution in [0.3, 0.4) is 0 Å². The second-order valence-electron chi connectivity index (χ2n) is 2.75. The van der Waals surface area contributed by atoms with E-state index in [9.17, 15) is 0 Å². The van der Waals surface area contributed by atoms with Crippen molar-refractivity contribution in [1.82, 2.24) is 5.32 Å². The van der Waals surface area contributed by atoms with Crippen LogP contribution in [0.15, 0.2) is 15.9 Å². The highest BCUT2D eigenvalue weighted by Gasteiger charge is 1.99. The van der Waals surface area contributed by atoms with Crippen LogP contribution in [0.5, 0.6) is 0 Å². The van der Waals surface area contributed by atoms with Crippen LogP contribution in [0.2, 0.25) is 0 Å². The van der Waals surface area contributed by atoms with Gasteiger partial charge < -0.3 is 5.32 Å². The van der Waals surface area contributed by atoms with Crippen LogP contribution >= 0.6 is 27.3 Å². The first-order chi connectivity index (χ1) is 5.84. The fourth-order valence-electron chi connectivity index (χ4n) is 1.09. The third-order valence-corrected chi connectivity index (χ3v) is 3.76. The van der Waals surface area contributed by atoms with Gasteiger partial charge in [0.1, 0.15) is 0 Å². The lowest BCUT2D eigenvalue weighted by Gasteiger charge is -1.98. The van der Waals surface area contributed by atoms with Crippen LogP contribution in [0.1, 0.15) is 17.7 Å². The average molecular weight is 248 g/mol. The van der Waals surface area contributed by atoms with Crippen LogP contribution in [0.4, 0.5) is 0 Å². The Balaban J connectivity index is 2.20. The van der Waals surface area contributed by atoms with Gasteiger partial charge in [0.15, 0.2) is 0 Å². The molecule has 68 valence electrons. The van der Waals surface area contributed by atoms with Crippen molar-refractivity contribution in [2.75, 3.05) is 13.6 Å². The molecule has 0 aromatic carbocycles. The Hall–Kier alpha value is 0.140. The number of thiophene rings is 1. The van der Waals surface area contributed by atoms with Gasteiger partial charge in [-0.15, -0.1) is 11.3 Å². The molecular weight excluding hydrogens is 234 g/mol. The molecule has 0 aliphatic heterocycles. The Morgan fingerprint density at radius 3 is 2.92 bits per heavy atom. The summed E-state index contributed by atoms with van der Waals surface area (Å²) in [6.07, 6.45) is 3.75. The number of aryl methyl sites for hydroxylation is 1. The number of rotatable bonds is 5. The normalized spacial score (nSPS) is 10.5. The highest BCUT2D eigenvalue weighted by molar-refractivity contribution is 9.10. The lowest BCUT2D eigenvalue weighted by atomic mass is 10.2. The van der Waals surface area contributed by atoms with E-state index in [0.717, 1.165) is 6.54 Å². The molecule has 0 spiro atoms. The van der Waals surface area contributed by atoms with Crippen LogP contribution in [-0.2, 0) is 6.42 Å². The minimum Gasteiger partial charge on any atom is -0.320 e. The zero-order valence-corrected chi connectivity index (χ0v) is 9.67. The molecular formula is C9H14BrNS. The minimum atomic E-state index is 1.13. The Labute approximate surface area is 86.3 Å². The van der Waals surface area contributed by atoms with Gasteiger partial charge in [-0.3, -0.25) is 0 Å². The number of nitrogens with one attached hydrogen (secondary N) is 1. The maximum atomic E-state index is 3.53. The molecule has 1 aromatic rings. The predicted octanol–water partition coefficient (Wildman–Crippen LogP) is 3.05. The van der Waals surface area contributed by atoms with Gasteiger partial charge >= 0.3 is 0 Å². The van der Waals surface area contributed by atoms with Crippen LogP contribution < -0.4 is 5.32 Å². The lowest BCUT2D eigenvalue weighted by Crippen LogP contribution is -2.07. The van der Waals surface area contributed by atoms with E-state index in [2.05, 4.69) is 32.7 Å². The second-order valence-corrected chi connectivity index (χ2v) is 4.61. The van der Waals surface area contributed by atoms with E-state index < -0.39 is 0 Å². The van der Waals surface area contributed by atoms with Gasteiger partial charge in [0.05, 0.1) is 0 Å². The molecule has 12 heavy (non-hydrogen) atoms. The lowest BCUT2D eigenvalue weighted by molar-refractivity contribution is 0.680. The van der Waals surface area contributed by atoms with E-state index in [1.807, 2.05) is 18.4 Å². The zero-order valence-electron chi connectivity index (χ0n) is 7.27. The predicted molar refractivity (Wildman–Crippen MR) is 58.9 cm³/mol. The fraction of sp³-hybridized carbons (Fsp3) is 0.556. The highest BCUT2D eigenvalue weighted by atomic mass is 79.9. The van der Waals surface area contributed by atoms with E-state index in [4.69, 9.17) is 0 Å². The molecule has 0 saturated carbocycles. The van der Waals surface area contributed by atoms with E-state index in [0.29, 0.717) is 0 Å². The maximum Gasteiger partial charge on any atom is 0.0314 e. The summed E-state index contributed by atoms with van der Waals surface area (Å²) in [6, 6.07) is 2.12. The first-order valence-corrected chi connectivity index (χ1v) is 5.88. The molecule has 1 nitrogen and oxygen atoms in total. The maximum absolute atomic E-state index is 3.53. The summed E-state index contributed by atoms with van der Waals surface area (Å²) in [7, 11) is 2.00. The molecule has 0 bridgehead atoms. The molecule has 0 amide bonds. The molecule has 0 fully saturated rings. The van der Waals surface area contributed by atoms with Crippen molar-refractivity contribution in [2.24, 2.45) is 0 Å². The monoisotopic (exact) mass is 247 g/mol. The van der Waals surface area contributed by atoms with Gasteiger partial charge in [-0.25, -0.2) is 0 Å². The summed E-state index contributed by atoms with van der Waals surface area (Å²) in [4.78, 5) is 1.48. The summed E-state index contributed by atoms with van der Waals surface area (Å²) >= 11 is 5.37. The van der Waals surface area contributed by atoms with Gasteiger partial charge in [-0.1, -0.05) is 0 Å². The number of halogens is 1. The third-order valence-electron chi connectivity index (χ3n) is 1.77. The summed E-state index contributed by atoms with van der Waals surface area (Å²) < 4.78 is 1.27. The van der Waals surface area contributed by atoms with Crippen LogP contribution in [0, 0.1) is 0 Å². The molecule has 0 aliphatic carbocycles. The number of hydrogen-bond donors (Lipinski definition) is 1. The summed E-state index contributed by atoms with van der Waals surface area (Å²) in [5.41, 5.74) is 0. The number of hydrogen-bond acceptors (Lipinski definition) is 2. The summed E-state index contributed by atoms with van der Waals surface area (Å²) in [6.45, 7) is 1.13. The van der Waals surface area contributed by atoms with E-state index >= 15 is 0 Å². The first-order valence-electron chi connectivity index (χ1n) is 4.21. The van der Waals surface area contributed by atoms with E-state index in [1.54, 1.807) is 0 Å². The van der Waals surface area contributed by atoms with Gasteiger partial charge in [-0.05, 0) is 60.2 Å². The average Bonchev–Trinajstić information content (AvgIpc) is 2.46. The van der Waals surface area contributed by atoms with Gasteiger partial charge in [0.2, 0.25) is 0 Å². The second kappa shape index (κ2) is 5.73. The topological polar surface area (TPSA) is 12.0 Å². The quantitative estimate of drug-likeness (QED) is 0.790. The standard InChI is InChI=1S/C9H14BrNS/c1-11-6-3-2-4-9-8(10)5-7-12-9/h5,7,11H,2-4,6H2,1H3. The van der Waals surface area contributed by atoms with Gasteiger partial charge in [0.25, 0.3) is 0 Å². The molecule has 1 N–H and O–H groups in total. The Bertz CT molecular complexity index is 222. The molecule has 0 atom stereocenters. The Kier molecular flexibility index (Phi) is 4.88. The molecule has 1 heterocycles. The largest absolute Gasteiger partial charge is 0.320 e. The van der Waals surface area contributed by atoms with Gasteiger partial charge in [-0.2, -0.15) is 0 Å². The molecule has 0 radical (unpaired) electrons. The molecule has 3 heteroatoms. The smallest absolute Gasteiger partial charge is 0.0314 e. The van der Waals surface area contributed by atoms with Crippen molar-refractivity contribution in [2.45, 2.75) is 19.3 Å². The van der Waals surface area contributed by atoms with Crippen molar-refractivity contribution >= 4 is 27.3 Å². The first kappa shape index (κ1) is 10.2. The van der Waals surface area contributed by atoms with Crippen molar-refractivity contribution < 1.29 is 0 Å². The van der Waals surface area contributed by atoms with Crippen molar-refractivity contribution in [1.29, 1.82) is 0 Å². The Morgan fingerprint density at radius 1 is 1.50 bits per heavy atom. The van der Waals surface area contributed by atoms with Crippen molar-refractivity contribution in [3.63, 3.8) is 0 Å². The van der Waals surface area contributed by atoms with Crippen molar-refractivity contribution in [3.8, 4) is 0 Å². The number of unbranched alkanes of at least 4 members (excludes halogenated alkanes) is 1. The molecule has 0 aliphatic rings. The molecule has 0 saturated heterocycles. The minimum absolute atomic E-state index is 1.13. The third kappa shape index (κ3) is 3.25. The molecule has 1 aromatic heterocycles. The highest BCUT2D eigenvalue weighted by Crippen LogP contribution is 2.24. The van der Waals surface area contributed by atoms with Crippen LogP contribution in [0.25, 0.3) is 0 Å². The van der Waals surface area contributed by atoms with Crippen molar-refractivity contribution in [3.05, 3.63) is 20.8 Å². The van der Waals surface area contributed by atoms with Crippen LogP contribution in [-0.4, -0.2) is 13.6 Å². The molecule has 0 unspecified atom stereocenters. The summed E-state index contributed by atoms with van der Waals surface area (Å²) in [5, 5.41) is 5.29. The summed E-state index contributed by atoms with van der Waals surface area (Å²) in [5.74, 6) is 0. The van der Waals surface area contributed by atoms with E-state index in [1.165, 1.54) is 28.6 Å². The van der Waals surface area contributed by atoms with Gasteiger partial charge in [0, 0.05) is 9.35 Å². The van der Waals surface area contributed by atoms with E-state index in [-0.39, 0.29) is 0 Å².